The summed E-state index contributed by atoms with van der Waals surface area (Å²) in [5.41, 5.74) is 0.937. The first kappa shape index (κ1) is 17.7. The molecule has 0 radical (unpaired) electrons. The molecule has 3 rings (SSSR count). The SMILES string of the molecule is O=C(NCc1cccc(Cl)c1F)C1CCN(c2cccc(Cl)c2)C1=O. The van der Waals surface area contributed by atoms with Gasteiger partial charge in [0.15, 0.2) is 0 Å². The summed E-state index contributed by atoms with van der Waals surface area (Å²) in [5.74, 6) is -2.07. The first-order chi connectivity index (χ1) is 12.0. The van der Waals surface area contributed by atoms with Crippen molar-refractivity contribution in [3.63, 3.8) is 0 Å². The molecule has 0 spiro atoms. The van der Waals surface area contributed by atoms with Crippen LogP contribution >= 0.6 is 23.2 Å². The van der Waals surface area contributed by atoms with Gasteiger partial charge in [0.1, 0.15) is 11.7 Å². The van der Waals surface area contributed by atoms with E-state index in [1.54, 1.807) is 30.3 Å². The van der Waals surface area contributed by atoms with Crippen LogP contribution in [0.4, 0.5) is 10.1 Å². The number of hydrogen-bond acceptors (Lipinski definition) is 2. The highest BCUT2D eigenvalue weighted by Crippen LogP contribution is 2.27. The van der Waals surface area contributed by atoms with Gasteiger partial charge in [0.2, 0.25) is 11.8 Å². The van der Waals surface area contributed by atoms with Gasteiger partial charge in [-0.3, -0.25) is 9.59 Å². The fraction of sp³-hybridized carbons (Fsp3) is 0.222. The summed E-state index contributed by atoms with van der Waals surface area (Å²) in [5, 5.41) is 3.13. The second-order valence-electron chi connectivity index (χ2n) is 5.74. The molecule has 25 heavy (non-hydrogen) atoms. The van der Waals surface area contributed by atoms with Crippen molar-refractivity contribution in [3.8, 4) is 0 Å². The minimum absolute atomic E-state index is 0.00387. The van der Waals surface area contributed by atoms with Crippen molar-refractivity contribution in [2.24, 2.45) is 5.92 Å². The average molecular weight is 381 g/mol. The molecule has 1 aliphatic rings. The number of halogens is 3. The maximum absolute atomic E-state index is 13.9. The highest BCUT2D eigenvalue weighted by Gasteiger charge is 2.37. The third-order valence-corrected chi connectivity index (χ3v) is 4.65. The minimum Gasteiger partial charge on any atom is -0.351 e. The molecular weight excluding hydrogens is 366 g/mol. The van der Waals surface area contributed by atoms with Crippen LogP contribution in [-0.2, 0) is 16.1 Å². The Balaban J connectivity index is 1.65. The highest BCUT2D eigenvalue weighted by molar-refractivity contribution is 6.31. The second kappa shape index (κ2) is 7.42. The van der Waals surface area contributed by atoms with Gasteiger partial charge in [0.05, 0.1) is 5.02 Å². The molecule has 1 fully saturated rings. The fourth-order valence-electron chi connectivity index (χ4n) is 2.81. The van der Waals surface area contributed by atoms with Crippen molar-refractivity contribution < 1.29 is 14.0 Å². The Morgan fingerprint density at radius 1 is 1.24 bits per heavy atom. The smallest absolute Gasteiger partial charge is 0.239 e. The fourth-order valence-corrected chi connectivity index (χ4v) is 3.19. The van der Waals surface area contributed by atoms with Crippen molar-refractivity contribution in [2.75, 3.05) is 11.4 Å². The van der Waals surface area contributed by atoms with Gasteiger partial charge in [-0.05, 0) is 30.7 Å². The Bertz CT molecular complexity index is 828. The third-order valence-electron chi connectivity index (χ3n) is 4.13. The van der Waals surface area contributed by atoms with Gasteiger partial charge < -0.3 is 10.2 Å². The molecule has 0 saturated carbocycles. The molecule has 1 saturated heterocycles. The van der Waals surface area contributed by atoms with Crippen LogP contribution in [0.3, 0.4) is 0 Å². The number of amides is 2. The van der Waals surface area contributed by atoms with Crippen molar-refractivity contribution >= 4 is 40.7 Å². The summed E-state index contributed by atoms with van der Waals surface area (Å²) in [7, 11) is 0. The van der Waals surface area contributed by atoms with E-state index in [4.69, 9.17) is 23.2 Å². The van der Waals surface area contributed by atoms with Crippen LogP contribution in [-0.4, -0.2) is 18.4 Å². The van der Waals surface area contributed by atoms with E-state index in [9.17, 15) is 14.0 Å². The first-order valence-corrected chi connectivity index (χ1v) is 8.50. The predicted molar refractivity (Wildman–Crippen MR) is 95.2 cm³/mol. The van der Waals surface area contributed by atoms with E-state index >= 15 is 0 Å². The number of carbonyl (C=O) groups excluding carboxylic acids is 2. The Kier molecular flexibility index (Phi) is 5.25. The monoisotopic (exact) mass is 380 g/mol. The van der Waals surface area contributed by atoms with Crippen LogP contribution in [0.2, 0.25) is 10.0 Å². The number of nitrogens with one attached hydrogen (secondary N) is 1. The Hall–Kier alpha value is -2.11. The summed E-state index contributed by atoms with van der Waals surface area (Å²) in [4.78, 5) is 26.4. The van der Waals surface area contributed by atoms with Gasteiger partial charge in [-0.25, -0.2) is 4.39 Å². The lowest BCUT2D eigenvalue weighted by Gasteiger charge is -2.17. The largest absolute Gasteiger partial charge is 0.351 e. The standard InChI is InChI=1S/C18H15Cl2FN2O2/c19-12-4-2-5-13(9-12)23-8-7-14(18(23)25)17(24)22-10-11-3-1-6-15(20)16(11)21/h1-6,9,14H,7-8,10H2,(H,22,24). The van der Waals surface area contributed by atoms with E-state index < -0.39 is 17.6 Å². The summed E-state index contributed by atoms with van der Waals surface area (Å²) in [6.07, 6.45) is 0.398. The van der Waals surface area contributed by atoms with Gasteiger partial charge >= 0.3 is 0 Å². The molecule has 130 valence electrons. The molecule has 2 aromatic carbocycles. The van der Waals surface area contributed by atoms with Crippen LogP contribution in [0.15, 0.2) is 42.5 Å². The van der Waals surface area contributed by atoms with Gasteiger partial charge in [-0.1, -0.05) is 41.4 Å². The number of carbonyl (C=O) groups is 2. The Morgan fingerprint density at radius 3 is 2.76 bits per heavy atom. The predicted octanol–water partition coefficient (Wildman–Crippen LogP) is 3.80. The van der Waals surface area contributed by atoms with Crippen molar-refractivity contribution in [1.82, 2.24) is 5.32 Å². The molecule has 0 aromatic heterocycles. The lowest BCUT2D eigenvalue weighted by atomic mass is 10.1. The number of nitrogens with zero attached hydrogens (tertiary/aromatic N) is 1. The maximum Gasteiger partial charge on any atom is 0.239 e. The van der Waals surface area contributed by atoms with Gasteiger partial charge in [-0.15, -0.1) is 0 Å². The molecule has 2 aromatic rings. The molecule has 1 atom stereocenters. The molecular formula is C18H15Cl2FN2O2. The van der Waals surface area contributed by atoms with Crippen LogP contribution < -0.4 is 10.2 Å². The molecule has 1 aliphatic heterocycles. The molecule has 7 heteroatoms. The molecule has 1 heterocycles. The number of anilines is 1. The van der Waals surface area contributed by atoms with Crippen LogP contribution in [0.5, 0.6) is 0 Å². The zero-order chi connectivity index (χ0) is 18.0. The number of rotatable bonds is 4. The van der Waals surface area contributed by atoms with E-state index in [2.05, 4.69) is 5.32 Å². The third kappa shape index (κ3) is 3.78. The normalized spacial score (nSPS) is 17.0. The van der Waals surface area contributed by atoms with E-state index in [1.807, 2.05) is 0 Å². The first-order valence-electron chi connectivity index (χ1n) is 7.75. The van der Waals surface area contributed by atoms with Crippen molar-refractivity contribution in [3.05, 3.63) is 63.9 Å². The quantitative estimate of drug-likeness (QED) is 0.820. The number of benzene rings is 2. The average Bonchev–Trinajstić information content (AvgIpc) is 2.97. The summed E-state index contributed by atoms with van der Waals surface area (Å²) >= 11 is 11.7. The zero-order valence-corrected chi connectivity index (χ0v) is 14.6. The molecule has 4 nitrogen and oxygen atoms in total. The summed E-state index contributed by atoms with van der Waals surface area (Å²) in [6.45, 7) is 0.412. The second-order valence-corrected chi connectivity index (χ2v) is 6.59. The van der Waals surface area contributed by atoms with E-state index in [0.717, 1.165) is 0 Å². The summed E-state index contributed by atoms with van der Waals surface area (Å²) in [6, 6.07) is 11.5. The summed E-state index contributed by atoms with van der Waals surface area (Å²) < 4.78 is 13.9. The lowest BCUT2D eigenvalue weighted by molar-refractivity contribution is -0.132. The van der Waals surface area contributed by atoms with Crippen molar-refractivity contribution in [2.45, 2.75) is 13.0 Å². The van der Waals surface area contributed by atoms with Gasteiger partial charge in [-0.2, -0.15) is 0 Å². The molecule has 1 unspecified atom stereocenters. The van der Waals surface area contributed by atoms with Gasteiger partial charge in [0.25, 0.3) is 0 Å². The molecule has 0 bridgehead atoms. The van der Waals surface area contributed by atoms with Crippen LogP contribution in [0.25, 0.3) is 0 Å². The van der Waals surface area contributed by atoms with E-state index in [0.29, 0.717) is 23.7 Å². The number of hydrogen-bond donors (Lipinski definition) is 1. The van der Waals surface area contributed by atoms with E-state index in [1.165, 1.54) is 17.0 Å². The molecule has 0 aliphatic carbocycles. The lowest BCUT2D eigenvalue weighted by Crippen LogP contribution is -2.36. The Morgan fingerprint density at radius 2 is 2.00 bits per heavy atom. The maximum atomic E-state index is 13.9. The van der Waals surface area contributed by atoms with Crippen molar-refractivity contribution in [1.29, 1.82) is 0 Å². The van der Waals surface area contributed by atoms with Crippen LogP contribution in [0.1, 0.15) is 12.0 Å². The molecule has 1 N–H and O–H groups in total. The Labute approximate surface area is 154 Å². The van der Waals surface area contributed by atoms with Crippen LogP contribution in [0, 0.1) is 11.7 Å². The minimum atomic E-state index is -0.791. The van der Waals surface area contributed by atoms with E-state index in [-0.39, 0.29) is 23.0 Å². The molecule has 2 amide bonds. The highest BCUT2D eigenvalue weighted by atomic mass is 35.5. The topological polar surface area (TPSA) is 49.4 Å². The van der Waals surface area contributed by atoms with Gasteiger partial charge in [0, 0.05) is 29.4 Å². The zero-order valence-electron chi connectivity index (χ0n) is 13.1.